The lowest BCUT2D eigenvalue weighted by atomic mass is 10.0. The fraction of sp³-hybridized carbons (Fsp3) is 0.600. The number of carbonyl (C=O) groups is 1. The van der Waals surface area contributed by atoms with E-state index in [-0.39, 0.29) is 5.91 Å². The standard InChI is InChI=1S/C15H26N4O/c1-11(2)13(18(3)4)10-16-14-9-7-8-12(17-14)15(20)19(5)6/h7-9,11,13H,10H2,1-6H3,(H,16,17)/t13-/m1/s1. The fourth-order valence-electron chi connectivity index (χ4n) is 2.11. The molecule has 1 heterocycles. The highest BCUT2D eigenvalue weighted by atomic mass is 16.2. The lowest BCUT2D eigenvalue weighted by Crippen LogP contribution is -2.38. The molecular formula is C15H26N4O. The van der Waals surface area contributed by atoms with E-state index in [9.17, 15) is 4.79 Å². The molecule has 20 heavy (non-hydrogen) atoms. The summed E-state index contributed by atoms with van der Waals surface area (Å²) in [5.41, 5.74) is 0.464. The van der Waals surface area contributed by atoms with E-state index in [4.69, 9.17) is 0 Å². The van der Waals surface area contributed by atoms with Gasteiger partial charge in [0, 0.05) is 26.7 Å². The quantitative estimate of drug-likeness (QED) is 0.862. The predicted molar refractivity (Wildman–Crippen MR) is 83.1 cm³/mol. The molecular weight excluding hydrogens is 252 g/mol. The van der Waals surface area contributed by atoms with E-state index in [0.717, 1.165) is 12.4 Å². The minimum Gasteiger partial charge on any atom is -0.368 e. The molecule has 1 atom stereocenters. The molecule has 112 valence electrons. The van der Waals surface area contributed by atoms with Gasteiger partial charge in [0.2, 0.25) is 0 Å². The molecule has 1 rings (SSSR count). The van der Waals surface area contributed by atoms with Gasteiger partial charge in [-0.05, 0) is 32.1 Å². The van der Waals surface area contributed by atoms with Gasteiger partial charge in [0.1, 0.15) is 11.5 Å². The number of likely N-dealkylation sites (N-methyl/N-ethyl adjacent to an activating group) is 1. The minimum absolute atomic E-state index is 0.0818. The Bertz CT molecular complexity index is 435. The van der Waals surface area contributed by atoms with E-state index in [0.29, 0.717) is 17.7 Å². The van der Waals surface area contributed by atoms with E-state index >= 15 is 0 Å². The number of aromatic nitrogens is 1. The summed E-state index contributed by atoms with van der Waals surface area (Å²) >= 11 is 0. The van der Waals surface area contributed by atoms with Gasteiger partial charge in [0.05, 0.1) is 0 Å². The van der Waals surface area contributed by atoms with E-state index in [2.05, 4.69) is 43.1 Å². The van der Waals surface area contributed by atoms with Gasteiger partial charge in [-0.3, -0.25) is 4.79 Å². The molecule has 0 saturated heterocycles. The van der Waals surface area contributed by atoms with Gasteiger partial charge in [0.15, 0.2) is 0 Å². The molecule has 5 heteroatoms. The number of amides is 1. The third-order valence-corrected chi connectivity index (χ3v) is 3.30. The number of hydrogen-bond donors (Lipinski definition) is 1. The van der Waals surface area contributed by atoms with Gasteiger partial charge in [-0.25, -0.2) is 4.98 Å². The molecule has 1 aromatic rings. The molecule has 5 nitrogen and oxygen atoms in total. The monoisotopic (exact) mass is 278 g/mol. The van der Waals surface area contributed by atoms with Crippen LogP contribution in [0.4, 0.5) is 5.82 Å². The molecule has 0 aromatic carbocycles. The van der Waals surface area contributed by atoms with E-state index in [1.54, 1.807) is 20.2 Å². The van der Waals surface area contributed by atoms with Crippen molar-refractivity contribution in [2.24, 2.45) is 5.92 Å². The minimum atomic E-state index is -0.0818. The first-order valence-electron chi connectivity index (χ1n) is 6.92. The Hall–Kier alpha value is -1.62. The second-order valence-electron chi connectivity index (χ2n) is 5.76. The SMILES string of the molecule is CC(C)[C@@H](CNc1cccc(C(=O)N(C)C)n1)N(C)C. The Labute approximate surface area is 122 Å². The average molecular weight is 278 g/mol. The van der Waals surface area contributed by atoms with Crippen molar-refractivity contribution in [2.45, 2.75) is 19.9 Å². The first-order chi connectivity index (χ1) is 9.32. The van der Waals surface area contributed by atoms with Crippen molar-refractivity contribution in [2.75, 3.05) is 40.1 Å². The van der Waals surface area contributed by atoms with Crippen LogP contribution in [0.5, 0.6) is 0 Å². The molecule has 0 aliphatic heterocycles. The van der Waals surface area contributed by atoms with Gasteiger partial charge in [0.25, 0.3) is 5.91 Å². The fourth-order valence-corrected chi connectivity index (χ4v) is 2.11. The van der Waals surface area contributed by atoms with Crippen LogP contribution < -0.4 is 5.32 Å². The first-order valence-corrected chi connectivity index (χ1v) is 6.92. The summed E-state index contributed by atoms with van der Waals surface area (Å²) in [5, 5.41) is 3.32. The molecule has 0 fully saturated rings. The molecule has 0 radical (unpaired) electrons. The summed E-state index contributed by atoms with van der Waals surface area (Å²) < 4.78 is 0. The van der Waals surface area contributed by atoms with Crippen molar-refractivity contribution < 1.29 is 4.79 Å². The molecule has 1 N–H and O–H groups in total. The van der Waals surface area contributed by atoms with Crippen LogP contribution in [0.2, 0.25) is 0 Å². The topological polar surface area (TPSA) is 48.5 Å². The van der Waals surface area contributed by atoms with Crippen LogP contribution >= 0.6 is 0 Å². The molecule has 0 saturated carbocycles. The Kier molecular flexibility index (Phi) is 5.95. The van der Waals surface area contributed by atoms with Gasteiger partial charge in [-0.2, -0.15) is 0 Å². The lowest BCUT2D eigenvalue weighted by Gasteiger charge is -2.28. The number of carbonyl (C=O) groups excluding carboxylic acids is 1. The third kappa shape index (κ3) is 4.49. The van der Waals surface area contributed by atoms with Gasteiger partial charge in [-0.1, -0.05) is 19.9 Å². The Morgan fingerprint density at radius 2 is 1.90 bits per heavy atom. The molecule has 0 bridgehead atoms. The Morgan fingerprint density at radius 1 is 1.25 bits per heavy atom. The van der Waals surface area contributed by atoms with E-state index in [1.165, 1.54) is 4.90 Å². The highest BCUT2D eigenvalue weighted by molar-refractivity contribution is 5.92. The van der Waals surface area contributed by atoms with Crippen molar-refractivity contribution in [3.63, 3.8) is 0 Å². The molecule has 1 amide bonds. The largest absolute Gasteiger partial charge is 0.368 e. The average Bonchev–Trinajstić information content (AvgIpc) is 2.37. The molecule has 1 aromatic heterocycles. The van der Waals surface area contributed by atoms with Crippen LogP contribution in [0.15, 0.2) is 18.2 Å². The van der Waals surface area contributed by atoms with E-state index < -0.39 is 0 Å². The van der Waals surface area contributed by atoms with Crippen molar-refractivity contribution in [3.05, 3.63) is 23.9 Å². The number of pyridine rings is 1. The predicted octanol–water partition coefficient (Wildman–Crippen LogP) is 1.78. The maximum atomic E-state index is 11.9. The molecule has 0 aliphatic rings. The van der Waals surface area contributed by atoms with Crippen LogP contribution in [0, 0.1) is 5.92 Å². The van der Waals surface area contributed by atoms with Crippen LogP contribution in [0.3, 0.4) is 0 Å². The lowest BCUT2D eigenvalue weighted by molar-refractivity contribution is 0.0822. The number of rotatable bonds is 6. The zero-order chi connectivity index (χ0) is 15.3. The van der Waals surface area contributed by atoms with Crippen molar-refractivity contribution in [3.8, 4) is 0 Å². The second-order valence-corrected chi connectivity index (χ2v) is 5.76. The summed E-state index contributed by atoms with van der Waals surface area (Å²) in [4.78, 5) is 20.0. The smallest absolute Gasteiger partial charge is 0.272 e. The van der Waals surface area contributed by atoms with Crippen LogP contribution in [-0.4, -0.2) is 61.5 Å². The van der Waals surface area contributed by atoms with Crippen LogP contribution in [0.1, 0.15) is 24.3 Å². The maximum Gasteiger partial charge on any atom is 0.272 e. The zero-order valence-electron chi connectivity index (χ0n) is 13.3. The highest BCUT2D eigenvalue weighted by Gasteiger charge is 2.16. The molecule has 0 spiro atoms. The second kappa shape index (κ2) is 7.24. The zero-order valence-corrected chi connectivity index (χ0v) is 13.3. The van der Waals surface area contributed by atoms with Gasteiger partial charge in [-0.15, -0.1) is 0 Å². The summed E-state index contributed by atoms with van der Waals surface area (Å²) in [6, 6.07) is 5.90. The summed E-state index contributed by atoms with van der Waals surface area (Å²) in [6.45, 7) is 5.20. The highest BCUT2D eigenvalue weighted by Crippen LogP contribution is 2.11. The Balaban J connectivity index is 2.74. The van der Waals surface area contributed by atoms with Crippen molar-refractivity contribution in [1.29, 1.82) is 0 Å². The van der Waals surface area contributed by atoms with E-state index in [1.807, 2.05) is 12.1 Å². The normalized spacial score (nSPS) is 12.6. The summed E-state index contributed by atoms with van der Waals surface area (Å²) in [7, 11) is 7.60. The van der Waals surface area contributed by atoms with Crippen molar-refractivity contribution in [1.82, 2.24) is 14.8 Å². The summed E-state index contributed by atoms with van der Waals surface area (Å²) in [5.74, 6) is 1.20. The van der Waals surface area contributed by atoms with Crippen LogP contribution in [0.25, 0.3) is 0 Å². The number of hydrogen-bond acceptors (Lipinski definition) is 4. The molecule has 0 aliphatic carbocycles. The number of anilines is 1. The first kappa shape index (κ1) is 16.4. The Morgan fingerprint density at radius 3 is 2.40 bits per heavy atom. The third-order valence-electron chi connectivity index (χ3n) is 3.30. The van der Waals surface area contributed by atoms with Gasteiger partial charge >= 0.3 is 0 Å². The maximum absolute atomic E-state index is 11.9. The number of nitrogens with one attached hydrogen (secondary N) is 1. The summed E-state index contributed by atoms with van der Waals surface area (Å²) in [6.07, 6.45) is 0. The molecule has 0 unspecified atom stereocenters. The van der Waals surface area contributed by atoms with Crippen molar-refractivity contribution >= 4 is 11.7 Å². The number of nitrogens with zero attached hydrogens (tertiary/aromatic N) is 3. The van der Waals surface area contributed by atoms with Gasteiger partial charge < -0.3 is 15.1 Å². The van der Waals surface area contributed by atoms with Crippen LogP contribution in [-0.2, 0) is 0 Å².